The summed E-state index contributed by atoms with van der Waals surface area (Å²) in [5.74, 6) is -2.42. The van der Waals surface area contributed by atoms with Gasteiger partial charge in [0.2, 0.25) is 0 Å². The summed E-state index contributed by atoms with van der Waals surface area (Å²) in [6, 6.07) is 3.15. The van der Waals surface area contributed by atoms with Crippen LogP contribution in [-0.2, 0) is 4.79 Å². The maximum Gasteiger partial charge on any atom is 0.326 e. The summed E-state index contributed by atoms with van der Waals surface area (Å²) in [4.78, 5) is 22.9. The van der Waals surface area contributed by atoms with Crippen molar-refractivity contribution in [1.82, 2.24) is 5.32 Å². The fourth-order valence-corrected chi connectivity index (χ4v) is 1.59. The number of carboxylic acid groups (broad SMARTS) is 1. The van der Waals surface area contributed by atoms with Crippen molar-refractivity contribution in [2.24, 2.45) is 5.92 Å². The Hall–Kier alpha value is -1.91. The molecular formula is C13H16FNO3. The number of hydrogen-bond donors (Lipinski definition) is 2. The van der Waals surface area contributed by atoms with Crippen LogP contribution in [-0.4, -0.2) is 23.0 Å². The van der Waals surface area contributed by atoms with Gasteiger partial charge in [-0.05, 0) is 30.5 Å². The number of hydrogen-bond acceptors (Lipinski definition) is 2. The molecule has 98 valence electrons. The van der Waals surface area contributed by atoms with Crippen molar-refractivity contribution < 1.29 is 19.1 Å². The molecule has 4 nitrogen and oxygen atoms in total. The minimum Gasteiger partial charge on any atom is -0.480 e. The third-order valence-corrected chi connectivity index (χ3v) is 2.73. The normalized spacial score (nSPS) is 12.3. The van der Waals surface area contributed by atoms with Gasteiger partial charge in [-0.15, -0.1) is 0 Å². The second-order valence-corrected chi connectivity index (χ2v) is 4.45. The zero-order valence-corrected chi connectivity index (χ0v) is 10.5. The Morgan fingerprint density at radius 2 is 1.94 bits per heavy atom. The third-order valence-electron chi connectivity index (χ3n) is 2.73. The Morgan fingerprint density at radius 1 is 1.33 bits per heavy atom. The van der Waals surface area contributed by atoms with E-state index >= 15 is 0 Å². The van der Waals surface area contributed by atoms with E-state index in [9.17, 15) is 14.0 Å². The van der Waals surface area contributed by atoms with E-state index in [4.69, 9.17) is 5.11 Å². The van der Waals surface area contributed by atoms with Crippen molar-refractivity contribution in [1.29, 1.82) is 0 Å². The van der Waals surface area contributed by atoms with Gasteiger partial charge in [0.1, 0.15) is 11.9 Å². The van der Waals surface area contributed by atoms with E-state index in [0.717, 1.165) is 0 Å². The second kappa shape index (κ2) is 5.62. The summed E-state index contributed by atoms with van der Waals surface area (Å²) in [7, 11) is 0. The molecule has 1 atom stereocenters. The number of halogens is 1. The van der Waals surface area contributed by atoms with Crippen LogP contribution >= 0.6 is 0 Å². The SMILES string of the molecule is Cc1c(F)cccc1C(=O)N[C@@H](C(=O)O)C(C)C. The molecular weight excluding hydrogens is 237 g/mol. The monoisotopic (exact) mass is 253 g/mol. The maximum absolute atomic E-state index is 13.3. The van der Waals surface area contributed by atoms with Gasteiger partial charge in [-0.1, -0.05) is 19.9 Å². The van der Waals surface area contributed by atoms with Crippen molar-refractivity contribution in [2.45, 2.75) is 26.8 Å². The summed E-state index contributed by atoms with van der Waals surface area (Å²) in [5.41, 5.74) is 0.366. The zero-order chi connectivity index (χ0) is 13.9. The fraction of sp³-hybridized carbons (Fsp3) is 0.385. The van der Waals surface area contributed by atoms with Crippen LogP contribution in [0.25, 0.3) is 0 Å². The first-order chi connectivity index (χ1) is 8.34. The lowest BCUT2D eigenvalue weighted by molar-refractivity contribution is -0.140. The van der Waals surface area contributed by atoms with E-state index in [0.29, 0.717) is 0 Å². The molecule has 0 aliphatic carbocycles. The van der Waals surface area contributed by atoms with Gasteiger partial charge in [0, 0.05) is 5.56 Å². The molecule has 0 aliphatic rings. The Balaban J connectivity index is 2.94. The van der Waals surface area contributed by atoms with Crippen LogP contribution in [0.3, 0.4) is 0 Å². The molecule has 0 heterocycles. The molecule has 1 amide bonds. The first kappa shape index (κ1) is 14.2. The van der Waals surface area contributed by atoms with Gasteiger partial charge in [-0.3, -0.25) is 4.79 Å². The smallest absolute Gasteiger partial charge is 0.326 e. The van der Waals surface area contributed by atoms with Crippen molar-refractivity contribution in [3.05, 3.63) is 35.1 Å². The van der Waals surface area contributed by atoms with E-state index < -0.39 is 23.7 Å². The van der Waals surface area contributed by atoms with Crippen molar-refractivity contribution in [2.75, 3.05) is 0 Å². The number of carbonyl (C=O) groups is 2. The third kappa shape index (κ3) is 3.06. The number of amides is 1. The minimum absolute atomic E-state index is 0.155. The number of benzene rings is 1. The van der Waals surface area contributed by atoms with Gasteiger partial charge in [0.15, 0.2) is 0 Å². The fourth-order valence-electron chi connectivity index (χ4n) is 1.59. The highest BCUT2D eigenvalue weighted by molar-refractivity contribution is 5.97. The van der Waals surface area contributed by atoms with Crippen molar-refractivity contribution in [3.63, 3.8) is 0 Å². The average molecular weight is 253 g/mol. The standard InChI is InChI=1S/C13H16FNO3/c1-7(2)11(13(17)18)15-12(16)9-5-4-6-10(14)8(9)3/h4-7,11H,1-3H3,(H,15,16)(H,17,18)/t11-/m1/s1. The summed E-state index contributed by atoms with van der Waals surface area (Å²) in [6.07, 6.45) is 0. The molecule has 0 spiro atoms. The Labute approximate surface area is 105 Å². The molecule has 0 unspecified atom stereocenters. The quantitative estimate of drug-likeness (QED) is 0.862. The largest absolute Gasteiger partial charge is 0.480 e. The zero-order valence-electron chi connectivity index (χ0n) is 10.5. The van der Waals surface area contributed by atoms with Gasteiger partial charge in [0.05, 0.1) is 0 Å². The van der Waals surface area contributed by atoms with Crippen LogP contribution < -0.4 is 5.32 Å². The van der Waals surface area contributed by atoms with E-state index in [1.165, 1.54) is 25.1 Å². The number of carbonyl (C=O) groups excluding carboxylic acids is 1. The van der Waals surface area contributed by atoms with E-state index in [2.05, 4.69) is 5.32 Å². The van der Waals surface area contributed by atoms with Gasteiger partial charge < -0.3 is 10.4 Å². The summed E-state index contributed by atoms with van der Waals surface area (Å²) in [5, 5.41) is 11.4. The molecule has 1 aromatic rings. The number of nitrogens with one attached hydrogen (secondary N) is 1. The molecule has 1 aromatic carbocycles. The van der Waals surface area contributed by atoms with Crippen LogP contribution in [0, 0.1) is 18.7 Å². The minimum atomic E-state index is -1.10. The molecule has 1 rings (SSSR count). The maximum atomic E-state index is 13.3. The second-order valence-electron chi connectivity index (χ2n) is 4.45. The van der Waals surface area contributed by atoms with E-state index in [1.807, 2.05) is 0 Å². The van der Waals surface area contributed by atoms with Gasteiger partial charge in [-0.2, -0.15) is 0 Å². The molecule has 0 radical (unpaired) electrons. The molecule has 0 aliphatic heterocycles. The van der Waals surface area contributed by atoms with Gasteiger partial charge in [0.25, 0.3) is 5.91 Å². The lowest BCUT2D eigenvalue weighted by Gasteiger charge is -2.18. The van der Waals surface area contributed by atoms with Crippen molar-refractivity contribution in [3.8, 4) is 0 Å². The Morgan fingerprint density at radius 3 is 2.44 bits per heavy atom. The van der Waals surface area contributed by atoms with Crippen LogP contribution in [0.15, 0.2) is 18.2 Å². The number of aliphatic carboxylic acids is 1. The summed E-state index contributed by atoms with van der Waals surface area (Å²) >= 11 is 0. The lowest BCUT2D eigenvalue weighted by Crippen LogP contribution is -2.44. The predicted octanol–water partition coefficient (Wildman–Crippen LogP) is 1.97. The lowest BCUT2D eigenvalue weighted by atomic mass is 10.0. The molecule has 0 saturated heterocycles. The molecule has 0 saturated carbocycles. The Kier molecular flexibility index (Phi) is 4.42. The highest BCUT2D eigenvalue weighted by atomic mass is 19.1. The first-order valence-electron chi connectivity index (χ1n) is 5.63. The van der Waals surface area contributed by atoms with Crippen LogP contribution in [0.1, 0.15) is 29.8 Å². The van der Waals surface area contributed by atoms with Crippen LogP contribution in [0.2, 0.25) is 0 Å². The molecule has 0 fully saturated rings. The first-order valence-corrected chi connectivity index (χ1v) is 5.63. The van der Waals surface area contributed by atoms with Gasteiger partial charge >= 0.3 is 5.97 Å². The molecule has 0 bridgehead atoms. The van der Waals surface area contributed by atoms with Gasteiger partial charge in [-0.25, -0.2) is 9.18 Å². The van der Waals surface area contributed by atoms with E-state index in [1.54, 1.807) is 13.8 Å². The molecule has 0 aromatic heterocycles. The predicted molar refractivity (Wildman–Crippen MR) is 64.9 cm³/mol. The highest BCUT2D eigenvalue weighted by Gasteiger charge is 2.24. The molecule has 2 N–H and O–H groups in total. The van der Waals surface area contributed by atoms with Crippen LogP contribution in [0.4, 0.5) is 4.39 Å². The average Bonchev–Trinajstić information content (AvgIpc) is 2.28. The van der Waals surface area contributed by atoms with Crippen LogP contribution in [0.5, 0.6) is 0 Å². The highest BCUT2D eigenvalue weighted by Crippen LogP contribution is 2.13. The molecule has 18 heavy (non-hydrogen) atoms. The van der Waals surface area contributed by atoms with E-state index in [-0.39, 0.29) is 17.0 Å². The number of rotatable bonds is 4. The molecule has 5 heteroatoms. The van der Waals surface area contributed by atoms with Crippen molar-refractivity contribution >= 4 is 11.9 Å². The Bertz CT molecular complexity index is 471. The number of carboxylic acids is 1. The summed E-state index contributed by atoms with van der Waals surface area (Å²) in [6.45, 7) is 4.87. The topological polar surface area (TPSA) is 66.4 Å². The summed E-state index contributed by atoms with van der Waals surface area (Å²) < 4.78 is 13.3.